The summed E-state index contributed by atoms with van der Waals surface area (Å²) in [7, 11) is 0. The fraction of sp³-hybridized carbons (Fsp3) is 0.500. The highest BCUT2D eigenvalue weighted by Gasteiger charge is 2.23. The van der Waals surface area contributed by atoms with Crippen molar-refractivity contribution in [2.75, 3.05) is 24.6 Å². The first-order valence-electron chi connectivity index (χ1n) is 5.69. The molecule has 0 spiro atoms. The summed E-state index contributed by atoms with van der Waals surface area (Å²) in [6.45, 7) is 3.78. The Labute approximate surface area is 101 Å². The SMILES string of the molecule is C[C@H](N)c1cccnc1N1CCOC(C#N)C1. The van der Waals surface area contributed by atoms with E-state index in [0.29, 0.717) is 13.2 Å². The predicted molar refractivity (Wildman–Crippen MR) is 64.4 cm³/mol. The number of morpholine rings is 1. The van der Waals surface area contributed by atoms with E-state index in [1.54, 1.807) is 6.20 Å². The number of aromatic nitrogens is 1. The monoisotopic (exact) mass is 232 g/mol. The number of nitrogens with zero attached hydrogens (tertiary/aromatic N) is 3. The van der Waals surface area contributed by atoms with Gasteiger partial charge in [-0.3, -0.25) is 0 Å². The van der Waals surface area contributed by atoms with Crippen LogP contribution in [0, 0.1) is 11.3 Å². The van der Waals surface area contributed by atoms with Gasteiger partial charge in [0.15, 0.2) is 6.10 Å². The van der Waals surface area contributed by atoms with E-state index in [-0.39, 0.29) is 12.1 Å². The summed E-state index contributed by atoms with van der Waals surface area (Å²) in [6, 6.07) is 5.92. The lowest BCUT2D eigenvalue weighted by atomic mass is 10.1. The van der Waals surface area contributed by atoms with Crippen molar-refractivity contribution in [1.29, 1.82) is 5.26 Å². The van der Waals surface area contributed by atoms with Gasteiger partial charge < -0.3 is 15.4 Å². The van der Waals surface area contributed by atoms with Crippen molar-refractivity contribution >= 4 is 5.82 Å². The third-order valence-corrected chi connectivity index (χ3v) is 2.82. The van der Waals surface area contributed by atoms with Gasteiger partial charge in [-0.2, -0.15) is 5.26 Å². The molecule has 17 heavy (non-hydrogen) atoms. The average Bonchev–Trinajstić information content (AvgIpc) is 2.39. The molecule has 1 fully saturated rings. The Morgan fingerprint density at radius 1 is 1.71 bits per heavy atom. The second-order valence-electron chi connectivity index (χ2n) is 4.14. The fourth-order valence-corrected chi connectivity index (χ4v) is 1.95. The van der Waals surface area contributed by atoms with Gasteiger partial charge in [-0.05, 0) is 13.0 Å². The first kappa shape index (κ1) is 11.8. The molecule has 0 amide bonds. The van der Waals surface area contributed by atoms with E-state index >= 15 is 0 Å². The summed E-state index contributed by atoms with van der Waals surface area (Å²) in [4.78, 5) is 6.44. The van der Waals surface area contributed by atoms with Gasteiger partial charge in [0.05, 0.1) is 19.2 Å². The minimum Gasteiger partial charge on any atom is -0.360 e. The first-order valence-corrected chi connectivity index (χ1v) is 5.69. The fourth-order valence-electron chi connectivity index (χ4n) is 1.95. The zero-order chi connectivity index (χ0) is 12.3. The van der Waals surface area contributed by atoms with Crippen LogP contribution in [0.5, 0.6) is 0 Å². The number of nitriles is 1. The van der Waals surface area contributed by atoms with Crippen LogP contribution < -0.4 is 10.6 Å². The van der Waals surface area contributed by atoms with Gasteiger partial charge in [-0.1, -0.05) is 6.07 Å². The summed E-state index contributed by atoms with van der Waals surface area (Å²) >= 11 is 0. The molecule has 0 saturated carbocycles. The molecule has 1 aromatic heterocycles. The number of hydrogen-bond donors (Lipinski definition) is 1. The second kappa shape index (κ2) is 5.13. The van der Waals surface area contributed by atoms with Crippen LogP contribution in [0.1, 0.15) is 18.5 Å². The van der Waals surface area contributed by atoms with Gasteiger partial charge in [0.2, 0.25) is 0 Å². The van der Waals surface area contributed by atoms with Crippen LogP contribution in [-0.2, 0) is 4.74 Å². The van der Waals surface area contributed by atoms with Gasteiger partial charge in [-0.15, -0.1) is 0 Å². The Bertz CT molecular complexity index is 427. The molecule has 1 aliphatic heterocycles. The molecule has 90 valence electrons. The van der Waals surface area contributed by atoms with Crippen molar-refractivity contribution in [3.05, 3.63) is 23.9 Å². The van der Waals surface area contributed by atoms with Crippen molar-refractivity contribution in [2.24, 2.45) is 5.73 Å². The van der Waals surface area contributed by atoms with Crippen molar-refractivity contribution in [1.82, 2.24) is 4.98 Å². The zero-order valence-electron chi connectivity index (χ0n) is 9.84. The number of pyridine rings is 1. The lowest BCUT2D eigenvalue weighted by Gasteiger charge is -2.32. The molecule has 0 aliphatic carbocycles. The topological polar surface area (TPSA) is 75.2 Å². The Morgan fingerprint density at radius 2 is 2.53 bits per heavy atom. The maximum Gasteiger partial charge on any atom is 0.161 e. The van der Waals surface area contributed by atoms with Gasteiger partial charge >= 0.3 is 0 Å². The zero-order valence-corrected chi connectivity index (χ0v) is 9.84. The number of rotatable bonds is 2. The minimum absolute atomic E-state index is 0.0675. The summed E-state index contributed by atoms with van der Waals surface area (Å²) in [5, 5.41) is 8.89. The van der Waals surface area contributed by atoms with E-state index in [2.05, 4.69) is 16.0 Å². The molecule has 0 radical (unpaired) electrons. The maximum atomic E-state index is 8.89. The standard InChI is InChI=1S/C12H16N4O/c1-9(14)11-3-2-4-15-12(11)16-5-6-17-10(7-13)8-16/h2-4,9-10H,5-6,8,14H2,1H3/t9-,10?/m0/s1. The highest BCUT2D eigenvalue weighted by atomic mass is 16.5. The van der Waals surface area contributed by atoms with Gasteiger partial charge in [0.25, 0.3) is 0 Å². The van der Waals surface area contributed by atoms with Crippen LogP contribution in [0.15, 0.2) is 18.3 Å². The quantitative estimate of drug-likeness (QED) is 0.817. The third kappa shape index (κ3) is 2.54. The molecule has 2 rings (SSSR count). The van der Waals surface area contributed by atoms with E-state index in [9.17, 15) is 0 Å². The van der Waals surface area contributed by atoms with E-state index in [4.69, 9.17) is 15.7 Å². The van der Waals surface area contributed by atoms with Crippen LogP contribution in [0.3, 0.4) is 0 Å². The molecule has 1 aromatic rings. The molecule has 1 unspecified atom stereocenters. The highest BCUT2D eigenvalue weighted by Crippen LogP contribution is 2.23. The average molecular weight is 232 g/mol. The molecule has 5 nitrogen and oxygen atoms in total. The summed E-state index contributed by atoms with van der Waals surface area (Å²) in [5.74, 6) is 0.867. The van der Waals surface area contributed by atoms with Crippen molar-refractivity contribution in [3.63, 3.8) is 0 Å². The maximum absolute atomic E-state index is 8.89. The Balaban J connectivity index is 2.25. The molecular weight excluding hydrogens is 216 g/mol. The molecule has 0 aromatic carbocycles. The molecule has 2 atom stereocenters. The Kier molecular flexibility index (Phi) is 3.57. The van der Waals surface area contributed by atoms with Gasteiger partial charge in [0, 0.05) is 24.3 Å². The van der Waals surface area contributed by atoms with Gasteiger partial charge in [0.1, 0.15) is 5.82 Å². The molecule has 2 N–H and O–H groups in total. The Morgan fingerprint density at radius 3 is 3.24 bits per heavy atom. The smallest absolute Gasteiger partial charge is 0.161 e. The van der Waals surface area contributed by atoms with Crippen LogP contribution in [-0.4, -0.2) is 30.8 Å². The minimum atomic E-state index is -0.383. The summed E-state index contributed by atoms with van der Waals surface area (Å²) in [5.41, 5.74) is 6.93. The lowest BCUT2D eigenvalue weighted by Crippen LogP contribution is -2.42. The van der Waals surface area contributed by atoms with Crippen molar-refractivity contribution < 1.29 is 4.74 Å². The molecule has 2 heterocycles. The van der Waals surface area contributed by atoms with E-state index in [1.807, 2.05) is 19.1 Å². The predicted octanol–water partition coefficient (Wildman–Crippen LogP) is 0.830. The first-order chi connectivity index (χ1) is 8.22. The van der Waals surface area contributed by atoms with Gasteiger partial charge in [-0.25, -0.2) is 4.98 Å². The molecule has 5 heteroatoms. The number of anilines is 1. The summed E-state index contributed by atoms with van der Waals surface area (Å²) in [6.07, 6.45) is 1.37. The van der Waals surface area contributed by atoms with Crippen LogP contribution >= 0.6 is 0 Å². The number of ether oxygens (including phenoxy) is 1. The second-order valence-corrected chi connectivity index (χ2v) is 4.14. The van der Waals surface area contributed by atoms with E-state index in [0.717, 1.165) is 17.9 Å². The third-order valence-electron chi connectivity index (χ3n) is 2.82. The number of hydrogen-bond acceptors (Lipinski definition) is 5. The summed E-state index contributed by atoms with van der Waals surface area (Å²) < 4.78 is 5.32. The molecule has 1 saturated heterocycles. The Hall–Kier alpha value is -1.64. The van der Waals surface area contributed by atoms with Crippen LogP contribution in [0.2, 0.25) is 0 Å². The largest absolute Gasteiger partial charge is 0.360 e. The van der Waals surface area contributed by atoms with Crippen molar-refractivity contribution in [2.45, 2.75) is 19.1 Å². The normalized spacial score (nSPS) is 21.9. The molecule has 0 bridgehead atoms. The van der Waals surface area contributed by atoms with Crippen LogP contribution in [0.25, 0.3) is 0 Å². The molecule has 1 aliphatic rings. The highest BCUT2D eigenvalue weighted by molar-refractivity contribution is 5.48. The van der Waals surface area contributed by atoms with E-state index in [1.165, 1.54) is 0 Å². The van der Waals surface area contributed by atoms with Crippen LogP contribution in [0.4, 0.5) is 5.82 Å². The number of nitrogens with two attached hydrogens (primary N) is 1. The van der Waals surface area contributed by atoms with Crippen molar-refractivity contribution in [3.8, 4) is 6.07 Å². The molecular formula is C12H16N4O. The lowest BCUT2D eigenvalue weighted by molar-refractivity contribution is 0.0760. The van der Waals surface area contributed by atoms with E-state index < -0.39 is 0 Å².